The number of rotatable bonds is 8. The summed E-state index contributed by atoms with van der Waals surface area (Å²) < 4.78 is 17.7. The lowest BCUT2D eigenvalue weighted by Crippen LogP contribution is -2.47. The van der Waals surface area contributed by atoms with Gasteiger partial charge in [-0.15, -0.1) is 24.0 Å². The molecule has 3 atom stereocenters. The molecule has 160 valence electrons. The van der Waals surface area contributed by atoms with Crippen molar-refractivity contribution in [3.8, 4) is 0 Å². The molecular formula is C22H32IN3O2S. The molecule has 0 spiro atoms. The van der Waals surface area contributed by atoms with Gasteiger partial charge in [0.15, 0.2) is 5.96 Å². The van der Waals surface area contributed by atoms with Gasteiger partial charge >= 0.3 is 0 Å². The molecule has 7 heteroatoms. The van der Waals surface area contributed by atoms with E-state index < -0.39 is 10.8 Å². The highest BCUT2D eigenvalue weighted by atomic mass is 127. The van der Waals surface area contributed by atoms with Gasteiger partial charge in [-0.05, 0) is 37.0 Å². The van der Waals surface area contributed by atoms with Crippen LogP contribution in [0.3, 0.4) is 0 Å². The molecule has 1 aliphatic carbocycles. The lowest BCUT2D eigenvalue weighted by Gasteiger charge is -2.30. The fourth-order valence-corrected chi connectivity index (χ4v) is 4.96. The summed E-state index contributed by atoms with van der Waals surface area (Å²) in [7, 11) is -0.721. The van der Waals surface area contributed by atoms with Crippen molar-refractivity contribution in [2.24, 2.45) is 4.99 Å². The molecule has 0 bridgehead atoms. The molecule has 1 aromatic heterocycles. The maximum Gasteiger partial charge on any atom is 0.191 e. The van der Waals surface area contributed by atoms with E-state index in [1.807, 2.05) is 37.3 Å². The van der Waals surface area contributed by atoms with Gasteiger partial charge in [-0.3, -0.25) is 4.21 Å². The largest absolute Gasteiger partial charge is 0.469 e. The topological polar surface area (TPSA) is 66.6 Å². The van der Waals surface area contributed by atoms with E-state index in [0.717, 1.165) is 56.1 Å². The van der Waals surface area contributed by atoms with Crippen molar-refractivity contribution in [1.29, 1.82) is 0 Å². The average molecular weight is 529 g/mol. The van der Waals surface area contributed by atoms with Crippen LogP contribution in [0.15, 0.2) is 58.1 Å². The smallest absolute Gasteiger partial charge is 0.191 e. The predicted molar refractivity (Wildman–Crippen MR) is 131 cm³/mol. The van der Waals surface area contributed by atoms with Crippen molar-refractivity contribution in [2.75, 3.05) is 12.3 Å². The van der Waals surface area contributed by atoms with E-state index in [2.05, 4.69) is 22.8 Å². The Morgan fingerprint density at radius 2 is 2.03 bits per heavy atom. The molecular weight excluding hydrogens is 497 g/mol. The van der Waals surface area contributed by atoms with Gasteiger partial charge < -0.3 is 15.1 Å². The van der Waals surface area contributed by atoms with Crippen LogP contribution in [0.25, 0.3) is 0 Å². The monoisotopic (exact) mass is 529 g/mol. The molecule has 0 radical (unpaired) electrons. The Labute approximate surface area is 193 Å². The first kappa shape index (κ1) is 23.9. The number of aliphatic imine (C=N–C) groups is 1. The maximum atomic E-state index is 12.2. The van der Waals surface area contributed by atoms with Crippen LogP contribution in [0.2, 0.25) is 0 Å². The normalized spacial score (nSPS) is 20.5. The van der Waals surface area contributed by atoms with Gasteiger partial charge in [0.1, 0.15) is 5.76 Å². The third-order valence-corrected chi connectivity index (χ3v) is 6.87. The number of nitrogens with one attached hydrogen (secondary N) is 2. The SMILES string of the molecule is CCS(=O)C1CCCC(NC(=NCc2ccccc2)NCCc2ccco2)C1.I. The van der Waals surface area contributed by atoms with Crippen LogP contribution < -0.4 is 10.6 Å². The van der Waals surface area contributed by atoms with Crippen molar-refractivity contribution < 1.29 is 8.63 Å². The maximum absolute atomic E-state index is 12.2. The van der Waals surface area contributed by atoms with Crippen molar-refractivity contribution in [2.45, 2.75) is 56.9 Å². The number of nitrogens with zero attached hydrogens (tertiary/aromatic N) is 1. The van der Waals surface area contributed by atoms with Gasteiger partial charge in [0.2, 0.25) is 0 Å². The number of hydrogen-bond acceptors (Lipinski definition) is 3. The molecule has 3 unspecified atom stereocenters. The van der Waals surface area contributed by atoms with Crippen molar-refractivity contribution in [1.82, 2.24) is 10.6 Å². The molecule has 1 fully saturated rings. The summed E-state index contributed by atoms with van der Waals surface area (Å²) >= 11 is 0. The molecule has 0 saturated heterocycles. The minimum atomic E-state index is -0.721. The Morgan fingerprint density at radius 3 is 2.76 bits per heavy atom. The molecule has 0 amide bonds. The van der Waals surface area contributed by atoms with Crippen molar-refractivity contribution >= 4 is 40.7 Å². The molecule has 1 aliphatic rings. The van der Waals surface area contributed by atoms with E-state index in [-0.39, 0.29) is 24.0 Å². The molecule has 5 nitrogen and oxygen atoms in total. The fourth-order valence-electron chi connectivity index (χ4n) is 3.61. The Bertz CT molecular complexity index is 753. The lowest BCUT2D eigenvalue weighted by molar-refractivity contribution is 0.413. The van der Waals surface area contributed by atoms with Crippen LogP contribution >= 0.6 is 24.0 Å². The molecule has 3 rings (SSSR count). The molecule has 29 heavy (non-hydrogen) atoms. The molecule has 2 N–H and O–H groups in total. The number of benzene rings is 1. The minimum Gasteiger partial charge on any atom is -0.469 e. The first-order valence-electron chi connectivity index (χ1n) is 10.2. The van der Waals surface area contributed by atoms with Crippen LogP contribution in [0.4, 0.5) is 0 Å². The molecule has 1 aromatic carbocycles. The van der Waals surface area contributed by atoms with Crippen LogP contribution in [-0.2, 0) is 23.8 Å². The van der Waals surface area contributed by atoms with Crippen LogP contribution in [0, 0.1) is 0 Å². The van der Waals surface area contributed by atoms with Gasteiger partial charge in [-0.25, -0.2) is 4.99 Å². The second-order valence-corrected chi connectivity index (χ2v) is 9.21. The van der Waals surface area contributed by atoms with E-state index in [9.17, 15) is 4.21 Å². The quantitative estimate of drug-likeness (QED) is 0.305. The van der Waals surface area contributed by atoms with Gasteiger partial charge in [-0.1, -0.05) is 43.7 Å². The van der Waals surface area contributed by atoms with Crippen LogP contribution in [-0.4, -0.2) is 33.8 Å². The Balaban J connectivity index is 0.00000300. The Kier molecular flexibility index (Phi) is 10.8. The second kappa shape index (κ2) is 13.1. The van der Waals surface area contributed by atoms with E-state index in [1.165, 1.54) is 5.56 Å². The fraction of sp³-hybridized carbons (Fsp3) is 0.500. The summed E-state index contributed by atoms with van der Waals surface area (Å²) in [5.41, 5.74) is 1.18. The zero-order chi connectivity index (χ0) is 19.6. The lowest BCUT2D eigenvalue weighted by atomic mass is 9.95. The summed E-state index contributed by atoms with van der Waals surface area (Å²) in [6, 6.07) is 14.5. The minimum absolute atomic E-state index is 0. The number of furan rings is 1. The van der Waals surface area contributed by atoms with Gasteiger partial charge in [0.05, 0.1) is 12.8 Å². The van der Waals surface area contributed by atoms with E-state index in [1.54, 1.807) is 6.26 Å². The first-order chi connectivity index (χ1) is 13.7. The van der Waals surface area contributed by atoms with Crippen LogP contribution in [0.5, 0.6) is 0 Å². The summed E-state index contributed by atoms with van der Waals surface area (Å²) in [6.07, 6.45) is 6.75. The third kappa shape index (κ3) is 8.12. The van der Waals surface area contributed by atoms with E-state index in [0.29, 0.717) is 17.8 Å². The molecule has 1 saturated carbocycles. The molecule has 2 aromatic rings. The highest BCUT2D eigenvalue weighted by Gasteiger charge is 2.26. The summed E-state index contributed by atoms with van der Waals surface area (Å²) in [5.74, 6) is 2.53. The van der Waals surface area contributed by atoms with Gasteiger partial charge in [0.25, 0.3) is 0 Å². The molecule has 0 aliphatic heterocycles. The molecule has 1 heterocycles. The predicted octanol–water partition coefficient (Wildman–Crippen LogP) is 4.26. The van der Waals surface area contributed by atoms with Gasteiger partial charge in [-0.2, -0.15) is 0 Å². The summed E-state index contributed by atoms with van der Waals surface area (Å²) in [6.45, 7) is 3.40. The first-order valence-corrected chi connectivity index (χ1v) is 11.6. The number of hydrogen-bond donors (Lipinski definition) is 2. The number of guanidine groups is 1. The highest BCUT2D eigenvalue weighted by molar-refractivity contribution is 14.0. The van der Waals surface area contributed by atoms with Crippen LogP contribution in [0.1, 0.15) is 43.9 Å². The summed E-state index contributed by atoms with van der Waals surface area (Å²) in [4.78, 5) is 4.78. The standard InChI is InChI=1S/C22H31N3O2S.HI/c1-2-28(26)21-12-6-10-19(16-21)25-22(23-14-13-20-11-7-15-27-20)24-17-18-8-4-3-5-9-18;/h3-5,7-9,11,15,19,21H,2,6,10,12-14,16-17H2,1H3,(H2,23,24,25);1H. The highest BCUT2D eigenvalue weighted by Crippen LogP contribution is 2.23. The van der Waals surface area contributed by atoms with E-state index in [4.69, 9.17) is 9.41 Å². The Morgan fingerprint density at radius 1 is 1.21 bits per heavy atom. The van der Waals surface area contributed by atoms with Gasteiger partial charge in [0, 0.05) is 40.8 Å². The number of halogens is 1. The van der Waals surface area contributed by atoms with Crippen molar-refractivity contribution in [3.05, 3.63) is 60.1 Å². The third-order valence-electron chi connectivity index (χ3n) is 5.13. The summed E-state index contributed by atoms with van der Waals surface area (Å²) in [5, 5.41) is 7.33. The Hall–Kier alpha value is -1.35. The second-order valence-electron chi connectivity index (χ2n) is 7.21. The van der Waals surface area contributed by atoms with Crippen molar-refractivity contribution in [3.63, 3.8) is 0 Å². The average Bonchev–Trinajstić information content (AvgIpc) is 3.26. The zero-order valence-corrected chi connectivity index (χ0v) is 20.2. The zero-order valence-electron chi connectivity index (χ0n) is 17.0. The van der Waals surface area contributed by atoms with E-state index >= 15 is 0 Å².